The van der Waals surface area contributed by atoms with E-state index < -0.39 is 0 Å². The fourth-order valence-corrected chi connectivity index (χ4v) is 4.24. The highest BCUT2D eigenvalue weighted by molar-refractivity contribution is 5.52. The Bertz CT molecular complexity index is 546. The minimum atomic E-state index is 0.139. The predicted molar refractivity (Wildman–Crippen MR) is 76.4 cm³/mol. The summed E-state index contributed by atoms with van der Waals surface area (Å²) in [6.45, 7) is 8.67. The Morgan fingerprint density at radius 2 is 1.68 bits per heavy atom. The number of allylic oxidation sites excluding steroid dienone is 2. The van der Waals surface area contributed by atoms with Crippen molar-refractivity contribution in [3.8, 4) is 11.5 Å². The molecule has 0 radical (unpaired) electrons. The number of hydrogen-bond donors (Lipinski definition) is 2. The molecule has 2 N–H and O–H groups in total. The molecule has 3 atom stereocenters. The highest BCUT2D eigenvalue weighted by Gasteiger charge is 2.55. The number of rotatable bonds is 1. The summed E-state index contributed by atoms with van der Waals surface area (Å²) < 4.78 is 0. The summed E-state index contributed by atoms with van der Waals surface area (Å²) in [7, 11) is 0. The summed E-state index contributed by atoms with van der Waals surface area (Å²) in [5.41, 5.74) is 3.27. The first-order valence-corrected chi connectivity index (χ1v) is 7.03. The molecule has 102 valence electrons. The van der Waals surface area contributed by atoms with Gasteiger partial charge in [-0.25, -0.2) is 0 Å². The molecule has 0 saturated heterocycles. The van der Waals surface area contributed by atoms with Gasteiger partial charge >= 0.3 is 0 Å². The number of aromatic hydroxyl groups is 2. The van der Waals surface area contributed by atoms with Crippen LogP contribution in [0.25, 0.3) is 0 Å². The van der Waals surface area contributed by atoms with E-state index in [0.717, 1.165) is 5.56 Å². The van der Waals surface area contributed by atoms with E-state index in [-0.39, 0.29) is 22.8 Å². The van der Waals surface area contributed by atoms with Crippen LogP contribution in [-0.4, -0.2) is 10.2 Å². The van der Waals surface area contributed by atoms with Crippen molar-refractivity contribution in [2.24, 2.45) is 17.3 Å². The normalized spacial score (nSPS) is 31.6. The summed E-state index contributed by atoms with van der Waals surface area (Å²) in [6, 6.07) is 3.49. The fourth-order valence-electron chi connectivity index (χ4n) is 4.24. The highest BCUT2D eigenvalue weighted by atomic mass is 16.3. The van der Waals surface area contributed by atoms with Gasteiger partial charge in [0, 0.05) is 11.5 Å². The lowest BCUT2D eigenvalue weighted by atomic mass is 9.45. The van der Waals surface area contributed by atoms with Crippen LogP contribution in [0.5, 0.6) is 11.5 Å². The standard InChI is InChI=1S/C17H22O2/c1-9-5-14(18)16(15(19)6-9)11-7-10(2)12-8-13(11)17(12,3)4/h5-7,11-13,18-19H,8H2,1-4H3/t11-,12+,13-/m0/s1. The zero-order valence-electron chi connectivity index (χ0n) is 12.1. The van der Waals surface area contributed by atoms with E-state index in [1.807, 2.05) is 6.92 Å². The fraction of sp³-hybridized carbons (Fsp3) is 0.529. The summed E-state index contributed by atoms with van der Waals surface area (Å²) in [5, 5.41) is 20.5. The smallest absolute Gasteiger partial charge is 0.123 e. The van der Waals surface area contributed by atoms with Gasteiger partial charge in [0.15, 0.2) is 0 Å². The Labute approximate surface area is 114 Å². The van der Waals surface area contributed by atoms with Crippen molar-refractivity contribution in [1.29, 1.82) is 0 Å². The van der Waals surface area contributed by atoms with Crippen LogP contribution in [-0.2, 0) is 0 Å². The molecule has 3 aliphatic rings. The van der Waals surface area contributed by atoms with Gasteiger partial charge in [0.25, 0.3) is 0 Å². The van der Waals surface area contributed by atoms with Gasteiger partial charge in [-0.1, -0.05) is 25.5 Å². The van der Waals surface area contributed by atoms with E-state index in [0.29, 0.717) is 17.4 Å². The molecule has 2 bridgehead atoms. The first kappa shape index (κ1) is 12.6. The van der Waals surface area contributed by atoms with E-state index in [2.05, 4.69) is 26.8 Å². The van der Waals surface area contributed by atoms with Gasteiger partial charge in [-0.15, -0.1) is 0 Å². The van der Waals surface area contributed by atoms with Crippen LogP contribution in [0.2, 0.25) is 0 Å². The van der Waals surface area contributed by atoms with Crippen LogP contribution in [0.3, 0.4) is 0 Å². The number of phenols is 2. The Morgan fingerprint density at radius 3 is 2.16 bits per heavy atom. The minimum Gasteiger partial charge on any atom is -0.507 e. The first-order chi connectivity index (χ1) is 8.82. The second-order valence-electron chi connectivity index (χ2n) is 6.87. The van der Waals surface area contributed by atoms with Crippen molar-refractivity contribution >= 4 is 0 Å². The molecular formula is C17H22O2. The molecule has 4 rings (SSSR count). The zero-order chi connectivity index (χ0) is 13.9. The lowest BCUT2D eigenvalue weighted by molar-refractivity contribution is -0.0198. The summed E-state index contributed by atoms with van der Waals surface area (Å²) in [6.07, 6.45) is 3.42. The van der Waals surface area contributed by atoms with Gasteiger partial charge in [-0.3, -0.25) is 0 Å². The van der Waals surface area contributed by atoms with Crippen molar-refractivity contribution in [2.45, 2.75) is 40.0 Å². The maximum Gasteiger partial charge on any atom is 0.123 e. The summed E-state index contributed by atoms with van der Waals surface area (Å²) in [4.78, 5) is 0. The topological polar surface area (TPSA) is 40.5 Å². The van der Waals surface area contributed by atoms with E-state index in [1.165, 1.54) is 12.0 Å². The third kappa shape index (κ3) is 1.62. The van der Waals surface area contributed by atoms with Crippen LogP contribution in [0.4, 0.5) is 0 Å². The van der Waals surface area contributed by atoms with Gasteiger partial charge in [-0.05, 0) is 55.2 Å². The second kappa shape index (κ2) is 3.78. The van der Waals surface area contributed by atoms with Crippen molar-refractivity contribution in [3.05, 3.63) is 34.9 Å². The highest BCUT2D eigenvalue weighted by Crippen LogP contribution is 2.64. The second-order valence-corrected chi connectivity index (χ2v) is 6.87. The first-order valence-electron chi connectivity index (χ1n) is 7.03. The molecule has 0 aromatic heterocycles. The maximum absolute atomic E-state index is 10.2. The number of benzene rings is 1. The molecule has 1 saturated carbocycles. The van der Waals surface area contributed by atoms with Gasteiger partial charge in [0.05, 0.1) is 0 Å². The van der Waals surface area contributed by atoms with E-state index in [4.69, 9.17) is 0 Å². The SMILES string of the molecule is CC1=C[C@H](c2c(O)cc(C)cc2O)[C@@H]2C[C@H]1C2(C)C. The largest absolute Gasteiger partial charge is 0.507 e. The average Bonchev–Trinajstić information content (AvgIpc) is 2.25. The Morgan fingerprint density at radius 1 is 1.11 bits per heavy atom. The van der Waals surface area contributed by atoms with Crippen molar-refractivity contribution < 1.29 is 10.2 Å². The van der Waals surface area contributed by atoms with E-state index >= 15 is 0 Å². The summed E-state index contributed by atoms with van der Waals surface area (Å²) in [5.74, 6) is 1.78. The lowest BCUT2D eigenvalue weighted by Gasteiger charge is -2.59. The monoisotopic (exact) mass is 258 g/mol. The van der Waals surface area contributed by atoms with Crippen LogP contribution in [0, 0.1) is 24.2 Å². The molecule has 2 nitrogen and oxygen atoms in total. The Kier molecular flexibility index (Phi) is 2.51. The summed E-state index contributed by atoms with van der Waals surface area (Å²) >= 11 is 0. The molecule has 1 aromatic rings. The predicted octanol–water partition coefficient (Wildman–Crippen LogP) is 4.11. The Balaban J connectivity index is 2.11. The van der Waals surface area contributed by atoms with Crippen LogP contribution in [0.15, 0.2) is 23.8 Å². The number of phenolic OH excluding ortho intramolecular Hbond substituents is 2. The van der Waals surface area contributed by atoms with Gasteiger partial charge in [0.1, 0.15) is 11.5 Å². The lowest BCUT2D eigenvalue weighted by Crippen LogP contribution is -2.50. The Hall–Kier alpha value is -1.44. The van der Waals surface area contributed by atoms with Crippen LogP contribution >= 0.6 is 0 Å². The molecule has 0 amide bonds. The van der Waals surface area contributed by atoms with E-state index in [1.54, 1.807) is 12.1 Å². The average molecular weight is 258 g/mol. The number of fused-ring (bicyclic) bond motifs is 1. The van der Waals surface area contributed by atoms with Gasteiger partial charge < -0.3 is 10.2 Å². The zero-order valence-corrected chi connectivity index (χ0v) is 12.1. The van der Waals surface area contributed by atoms with Gasteiger partial charge in [0.2, 0.25) is 0 Å². The molecule has 1 aromatic carbocycles. The molecule has 0 aliphatic heterocycles. The van der Waals surface area contributed by atoms with Crippen molar-refractivity contribution in [1.82, 2.24) is 0 Å². The minimum absolute atomic E-state index is 0.139. The number of hydrogen-bond acceptors (Lipinski definition) is 2. The van der Waals surface area contributed by atoms with Crippen molar-refractivity contribution in [3.63, 3.8) is 0 Å². The van der Waals surface area contributed by atoms with E-state index in [9.17, 15) is 10.2 Å². The molecule has 19 heavy (non-hydrogen) atoms. The van der Waals surface area contributed by atoms with Crippen LogP contribution < -0.4 is 0 Å². The molecule has 0 heterocycles. The molecular weight excluding hydrogens is 236 g/mol. The molecule has 1 fully saturated rings. The number of aryl methyl sites for hydroxylation is 1. The quantitative estimate of drug-likeness (QED) is 0.744. The molecule has 2 heteroatoms. The molecule has 0 spiro atoms. The molecule has 0 unspecified atom stereocenters. The third-order valence-corrected chi connectivity index (χ3v) is 5.38. The van der Waals surface area contributed by atoms with Gasteiger partial charge in [-0.2, -0.15) is 0 Å². The van der Waals surface area contributed by atoms with Crippen LogP contribution in [0.1, 0.15) is 44.2 Å². The maximum atomic E-state index is 10.2. The third-order valence-electron chi connectivity index (χ3n) is 5.38. The van der Waals surface area contributed by atoms with Crippen molar-refractivity contribution in [2.75, 3.05) is 0 Å². The molecule has 3 aliphatic carbocycles.